The van der Waals surface area contributed by atoms with E-state index in [-0.39, 0.29) is 12.7 Å². The number of nitrogens with zero attached hydrogens (tertiary/aromatic N) is 1. The molecule has 6 nitrogen and oxygen atoms in total. The Kier molecular flexibility index (Phi) is 7.66. The minimum absolute atomic E-state index is 0.126. The fourth-order valence-corrected chi connectivity index (χ4v) is 3.46. The molecule has 3 atom stereocenters. The number of hydrogen-bond donors (Lipinski definition) is 0. The molecule has 1 aromatic carbocycles. The second-order valence-corrected chi connectivity index (χ2v) is 7.41. The summed E-state index contributed by atoms with van der Waals surface area (Å²) in [6, 6.07) is 8.57. The summed E-state index contributed by atoms with van der Waals surface area (Å²) in [4.78, 5) is 23.9. The number of carbonyl (C=O) groups excluding carboxylic acids is 2. The van der Waals surface area contributed by atoms with Crippen LogP contribution in [0.4, 0.5) is 0 Å². The molecule has 0 N–H and O–H groups in total. The Bertz CT molecular complexity index is 694. The Morgan fingerprint density at radius 2 is 1.93 bits per heavy atom. The third-order valence-corrected chi connectivity index (χ3v) is 4.95. The van der Waals surface area contributed by atoms with Crippen LogP contribution < -0.4 is 4.74 Å². The third kappa shape index (κ3) is 6.28. The van der Waals surface area contributed by atoms with Crippen molar-refractivity contribution < 1.29 is 23.8 Å². The fraction of sp³-hybridized carbons (Fsp3) is 0.571. The molecular formula is C21H27NO5. The van der Waals surface area contributed by atoms with E-state index in [1.165, 1.54) is 0 Å². The van der Waals surface area contributed by atoms with Crippen LogP contribution in [0.3, 0.4) is 0 Å². The summed E-state index contributed by atoms with van der Waals surface area (Å²) < 4.78 is 15.8. The van der Waals surface area contributed by atoms with Crippen molar-refractivity contribution in [3.63, 3.8) is 0 Å². The highest BCUT2D eigenvalue weighted by Crippen LogP contribution is 2.35. The van der Waals surface area contributed by atoms with Gasteiger partial charge in [-0.1, -0.05) is 39.3 Å². The number of carbonyl (C=O) groups is 2. The molecule has 1 saturated carbocycles. The Balaban J connectivity index is 1.77. The third-order valence-electron chi connectivity index (χ3n) is 4.95. The highest BCUT2D eigenvalue weighted by Gasteiger charge is 2.33. The highest BCUT2D eigenvalue weighted by molar-refractivity contribution is 5.77. The van der Waals surface area contributed by atoms with Gasteiger partial charge in [0.05, 0.1) is 5.56 Å². The van der Waals surface area contributed by atoms with E-state index in [4.69, 9.17) is 19.5 Å². The standard InChI is InChI=1S/C21H27NO5/c1-14(2)17-9-8-15(3)10-19(17)27-21(24)13-26-20(23)12-25-18-7-5-4-6-16(18)11-22/h4-7,14-15,17,19H,8-10,12-13H2,1-3H3/t15-,17+,19-/m0/s1. The molecule has 1 fully saturated rings. The number of rotatable bonds is 7. The molecule has 1 aliphatic rings. The summed E-state index contributed by atoms with van der Waals surface area (Å²) in [5.74, 6) is 0.380. The van der Waals surface area contributed by atoms with Crippen LogP contribution >= 0.6 is 0 Å². The number of hydrogen-bond acceptors (Lipinski definition) is 6. The van der Waals surface area contributed by atoms with Crippen molar-refractivity contribution in [2.75, 3.05) is 13.2 Å². The lowest BCUT2D eigenvalue weighted by Crippen LogP contribution is -2.37. The molecule has 27 heavy (non-hydrogen) atoms. The Morgan fingerprint density at radius 3 is 2.63 bits per heavy atom. The number of benzene rings is 1. The van der Waals surface area contributed by atoms with Gasteiger partial charge in [0.15, 0.2) is 13.2 Å². The summed E-state index contributed by atoms with van der Waals surface area (Å²) in [5, 5.41) is 8.99. The molecular weight excluding hydrogens is 346 g/mol. The molecule has 0 amide bonds. The zero-order chi connectivity index (χ0) is 19.8. The maximum atomic E-state index is 12.1. The molecule has 2 rings (SSSR count). The Hall–Kier alpha value is -2.55. The van der Waals surface area contributed by atoms with E-state index in [1.807, 2.05) is 6.07 Å². The van der Waals surface area contributed by atoms with Crippen LogP contribution in [0.25, 0.3) is 0 Å². The summed E-state index contributed by atoms with van der Waals surface area (Å²) in [5.41, 5.74) is 0.329. The van der Waals surface area contributed by atoms with Gasteiger partial charge in [-0.05, 0) is 42.7 Å². The van der Waals surface area contributed by atoms with E-state index in [0.717, 1.165) is 19.3 Å². The molecule has 0 radical (unpaired) electrons. The van der Waals surface area contributed by atoms with Crippen LogP contribution in [0.5, 0.6) is 5.75 Å². The molecule has 0 aromatic heterocycles. The van der Waals surface area contributed by atoms with E-state index in [2.05, 4.69) is 20.8 Å². The lowest BCUT2D eigenvalue weighted by atomic mass is 9.75. The summed E-state index contributed by atoms with van der Waals surface area (Å²) in [6.45, 7) is 5.63. The normalized spacial score (nSPS) is 22.0. The van der Waals surface area contributed by atoms with Crippen molar-refractivity contribution in [1.29, 1.82) is 5.26 Å². The van der Waals surface area contributed by atoms with Crippen LogP contribution in [-0.4, -0.2) is 31.3 Å². The molecule has 1 aromatic rings. The smallest absolute Gasteiger partial charge is 0.344 e. The van der Waals surface area contributed by atoms with Crippen molar-refractivity contribution in [2.45, 2.75) is 46.1 Å². The maximum Gasteiger partial charge on any atom is 0.344 e. The minimum Gasteiger partial charge on any atom is -0.481 e. The van der Waals surface area contributed by atoms with Gasteiger partial charge in [-0.2, -0.15) is 5.26 Å². The van der Waals surface area contributed by atoms with Crippen molar-refractivity contribution in [1.82, 2.24) is 0 Å². The first kappa shape index (κ1) is 20.8. The zero-order valence-corrected chi connectivity index (χ0v) is 16.1. The average molecular weight is 373 g/mol. The van der Waals surface area contributed by atoms with Gasteiger partial charge >= 0.3 is 11.9 Å². The van der Waals surface area contributed by atoms with Gasteiger partial charge in [-0.3, -0.25) is 0 Å². The van der Waals surface area contributed by atoms with Crippen LogP contribution in [0.1, 0.15) is 45.6 Å². The van der Waals surface area contributed by atoms with Crippen LogP contribution in [0.15, 0.2) is 24.3 Å². The van der Waals surface area contributed by atoms with Crippen molar-refractivity contribution in [3.8, 4) is 11.8 Å². The quantitative estimate of drug-likeness (QED) is 0.680. The lowest BCUT2D eigenvalue weighted by Gasteiger charge is -2.36. The molecule has 0 bridgehead atoms. The maximum absolute atomic E-state index is 12.1. The average Bonchev–Trinajstić information content (AvgIpc) is 2.64. The predicted molar refractivity (Wildman–Crippen MR) is 98.8 cm³/mol. The fourth-order valence-electron chi connectivity index (χ4n) is 3.46. The zero-order valence-electron chi connectivity index (χ0n) is 16.1. The van der Waals surface area contributed by atoms with Crippen molar-refractivity contribution in [2.24, 2.45) is 17.8 Å². The van der Waals surface area contributed by atoms with Gasteiger partial charge in [0.2, 0.25) is 0 Å². The number of ether oxygens (including phenoxy) is 3. The second-order valence-electron chi connectivity index (χ2n) is 7.41. The predicted octanol–water partition coefficient (Wildman–Crippen LogP) is 3.48. The van der Waals surface area contributed by atoms with E-state index < -0.39 is 18.5 Å². The SMILES string of the molecule is CC(C)[C@H]1CC[C@H](C)C[C@@H]1OC(=O)COC(=O)COc1ccccc1C#N. The molecule has 0 heterocycles. The molecule has 1 aliphatic carbocycles. The number of para-hydroxylation sites is 1. The van der Waals surface area contributed by atoms with Gasteiger partial charge in [0, 0.05) is 0 Å². The van der Waals surface area contributed by atoms with Gasteiger partial charge in [-0.15, -0.1) is 0 Å². The molecule has 0 spiro atoms. The first-order valence-electron chi connectivity index (χ1n) is 9.37. The van der Waals surface area contributed by atoms with Gasteiger partial charge in [0.1, 0.15) is 17.9 Å². The monoisotopic (exact) mass is 373 g/mol. The van der Waals surface area contributed by atoms with E-state index in [9.17, 15) is 9.59 Å². The number of nitriles is 1. The number of esters is 2. The van der Waals surface area contributed by atoms with Crippen LogP contribution in [-0.2, 0) is 19.1 Å². The van der Waals surface area contributed by atoms with Gasteiger partial charge in [0.25, 0.3) is 0 Å². The van der Waals surface area contributed by atoms with E-state index in [1.54, 1.807) is 24.3 Å². The molecule has 0 aliphatic heterocycles. The Labute approximate surface area is 160 Å². The van der Waals surface area contributed by atoms with E-state index in [0.29, 0.717) is 29.1 Å². The summed E-state index contributed by atoms with van der Waals surface area (Å²) >= 11 is 0. The largest absolute Gasteiger partial charge is 0.481 e. The second kappa shape index (κ2) is 9.96. The molecule has 0 unspecified atom stereocenters. The summed E-state index contributed by atoms with van der Waals surface area (Å²) in [7, 11) is 0. The first-order chi connectivity index (χ1) is 12.9. The van der Waals surface area contributed by atoms with Crippen molar-refractivity contribution >= 4 is 11.9 Å². The highest BCUT2D eigenvalue weighted by atomic mass is 16.6. The van der Waals surface area contributed by atoms with Crippen LogP contribution in [0.2, 0.25) is 0 Å². The minimum atomic E-state index is -0.683. The molecule has 6 heteroatoms. The lowest BCUT2D eigenvalue weighted by molar-refractivity contribution is -0.167. The summed E-state index contributed by atoms with van der Waals surface area (Å²) in [6.07, 6.45) is 2.91. The van der Waals surface area contributed by atoms with Gasteiger partial charge < -0.3 is 14.2 Å². The van der Waals surface area contributed by atoms with Gasteiger partial charge in [-0.25, -0.2) is 9.59 Å². The van der Waals surface area contributed by atoms with Crippen molar-refractivity contribution in [3.05, 3.63) is 29.8 Å². The Morgan fingerprint density at radius 1 is 1.19 bits per heavy atom. The molecule has 0 saturated heterocycles. The van der Waals surface area contributed by atoms with E-state index >= 15 is 0 Å². The first-order valence-corrected chi connectivity index (χ1v) is 9.37. The van der Waals surface area contributed by atoms with Crippen LogP contribution in [0, 0.1) is 29.1 Å². The molecule has 146 valence electrons. The topological polar surface area (TPSA) is 85.6 Å².